The van der Waals surface area contributed by atoms with Crippen LogP contribution in [0.3, 0.4) is 0 Å². The van der Waals surface area contributed by atoms with E-state index >= 15 is 0 Å². The Balaban J connectivity index is 0.951. The maximum Gasteiger partial charge on any atom is 0.144 e. The third-order valence-corrected chi connectivity index (χ3v) is 19.6. The second kappa shape index (κ2) is 18.1. The molecule has 0 atom stereocenters. The molecule has 0 saturated carbocycles. The van der Waals surface area contributed by atoms with Gasteiger partial charge in [0.2, 0.25) is 0 Å². The second-order valence-electron chi connectivity index (χ2n) is 24.1. The van der Waals surface area contributed by atoms with E-state index in [2.05, 4.69) is 316 Å². The Kier molecular flexibility index (Phi) is 10.3. The maximum absolute atomic E-state index is 7.45. The largest absolute Gasteiger partial charge is 0.455 e. The molecule has 3 aliphatic rings. The van der Waals surface area contributed by atoms with E-state index in [9.17, 15) is 0 Å². The highest BCUT2D eigenvalue weighted by atomic mass is 16.3. The van der Waals surface area contributed by atoms with Crippen molar-refractivity contribution in [3.8, 4) is 44.5 Å². The fourth-order valence-corrected chi connectivity index (χ4v) is 16.1. The molecule has 3 nitrogen and oxygen atoms in total. The minimum absolute atomic E-state index is 0.366. The predicted octanol–water partition coefficient (Wildman–Crippen LogP) is 21.7. The number of benzene rings is 13. The SMILES string of the molecule is CC1(C)c2cc(N(c3ccccc3)c3ccc4c(c3)C(c3ccccc3)(c3ccccc3)c3c5c(c6oc7ccccc7c6c3-4)-c3ccccc3C5(c3ccccc3)c3ccccc3)ccc2-c2c1cc(-c1ccccc1)c1oc3ccccc3c21. The van der Waals surface area contributed by atoms with Crippen molar-refractivity contribution in [2.24, 2.45) is 0 Å². The zero-order valence-corrected chi connectivity index (χ0v) is 47.6. The fraction of sp³-hybridized carbons (Fsp3) is 0.0602. The van der Waals surface area contributed by atoms with Gasteiger partial charge in [0.05, 0.1) is 10.8 Å². The van der Waals surface area contributed by atoms with Gasteiger partial charge in [-0.15, -0.1) is 0 Å². The Hall–Kier alpha value is -10.7. The number of para-hydroxylation sites is 3. The molecule has 2 aromatic heterocycles. The summed E-state index contributed by atoms with van der Waals surface area (Å²) in [5, 5.41) is 4.55. The molecule has 2 heterocycles. The lowest BCUT2D eigenvalue weighted by Gasteiger charge is -2.41. The molecule has 0 fully saturated rings. The van der Waals surface area contributed by atoms with Gasteiger partial charge in [-0.3, -0.25) is 0 Å². The van der Waals surface area contributed by atoms with Gasteiger partial charge in [0.15, 0.2) is 0 Å². The molecule has 0 N–H and O–H groups in total. The average Bonchev–Trinajstić information content (AvgIpc) is 1.50. The molecule has 0 radical (unpaired) electrons. The Labute approximate surface area is 499 Å². The number of nitrogens with zero attached hydrogens (tertiary/aromatic N) is 1. The zero-order valence-electron chi connectivity index (χ0n) is 47.6. The van der Waals surface area contributed by atoms with Gasteiger partial charge in [-0.25, -0.2) is 0 Å². The lowest BCUT2D eigenvalue weighted by Crippen LogP contribution is -2.35. The van der Waals surface area contributed by atoms with E-state index in [1.54, 1.807) is 0 Å². The monoisotopic (exact) mass is 1100 g/mol. The molecule has 18 rings (SSSR count). The van der Waals surface area contributed by atoms with Crippen LogP contribution in [0.2, 0.25) is 0 Å². The molecular weight excluding hydrogens is 1040 g/mol. The van der Waals surface area contributed by atoms with E-state index in [1.165, 1.54) is 88.8 Å². The molecular formula is C83H55NO2. The normalized spacial score (nSPS) is 14.4. The van der Waals surface area contributed by atoms with Crippen LogP contribution in [-0.4, -0.2) is 0 Å². The summed E-state index contributed by atoms with van der Waals surface area (Å²) in [5.74, 6) is 0. The third-order valence-electron chi connectivity index (χ3n) is 19.6. The van der Waals surface area contributed by atoms with Crippen LogP contribution in [-0.2, 0) is 16.2 Å². The number of fused-ring (bicyclic) bond motifs is 19. The highest BCUT2D eigenvalue weighted by Gasteiger charge is 2.57. The Morgan fingerprint density at radius 3 is 1.28 bits per heavy atom. The van der Waals surface area contributed by atoms with Gasteiger partial charge >= 0.3 is 0 Å². The standard InChI is InChI=1S/C83H55NO2/c1-81(2)67-49-58(45-47-61(67)72-69(81)51-65(52-27-9-3-10-28-52)79-74(72)63-40-22-25-43-70(63)85-79)84(57-37-19-8-20-38-57)59-46-48-62-68(50-59)83(55-33-15-6-16-34-55,56-35-17-7-18-36-56)77-73(62)75-64-41-23-26-44-71(64)86-80(75)76-60-39-21-24-42-66(60)82(78(76)77,53-29-11-4-12-30-53)54-31-13-5-14-32-54/h3-51H,1-2H3. The van der Waals surface area contributed by atoms with Crippen LogP contribution in [0, 0.1) is 0 Å². The molecule has 3 aliphatic carbocycles. The van der Waals surface area contributed by atoms with Crippen LogP contribution in [0.15, 0.2) is 306 Å². The summed E-state index contributed by atoms with van der Waals surface area (Å²) in [6.45, 7) is 4.81. The molecule has 13 aromatic carbocycles. The van der Waals surface area contributed by atoms with E-state index < -0.39 is 10.8 Å². The summed E-state index contributed by atoms with van der Waals surface area (Å²) < 4.78 is 14.3. The van der Waals surface area contributed by atoms with Crippen LogP contribution in [0.5, 0.6) is 0 Å². The van der Waals surface area contributed by atoms with Crippen molar-refractivity contribution in [1.82, 2.24) is 0 Å². The lowest BCUT2D eigenvalue weighted by atomic mass is 9.60. The van der Waals surface area contributed by atoms with Crippen LogP contribution in [0.4, 0.5) is 17.1 Å². The van der Waals surface area contributed by atoms with Gasteiger partial charge in [0, 0.05) is 55.1 Å². The van der Waals surface area contributed by atoms with E-state index in [0.29, 0.717) is 0 Å². The molecule has 0 unspecified atom stereocenters. The van der Waals surface area contributed by atoms with Crippen molar-refractivity contribution in [2.45, 2.75) is 30.1 Å². The summed E-state index contributed by atoms with van der Waals surface area (Å²) in [6, 6.07) is 110. The van der Waals surface area contributed by atoms with Gasteiger partial charge in [-0.2, -0.15) is 0 Å². The lowest BCUT2D eigenvalue weighted by molar-refractivity contribution is 0.657. The topological polar surface area (TPSA) is 29.5 Å². The van der Waals surface area contributed by atoms with E-state index in [1.807, 2.05) is 0 Å². The number of furan rings is 2. The quantitative estimate of drug-likeness (QED) is 0.152. The molecule has 3 heteroatoms. The smallest absolute Gasteiger partial charge is 0.144 e. The van der Waals surface area contributed by atoms with Gasteiger partial charge in [-0.05, 0) is 144 Å². The van der Waals surface area contributed by atoms with Crippen molar-refractivity contribution in [3.63, 3.8) is 0 Å². The van der Waals surface area contributed by atoms with Crippen molar-refractivity contribution >= 4 is 60.9 Å². The van der Waals surface area contributed by atoms with E-state index in [0.717, 1.165) is 72.2 Å². The molecule has 15 aromatic rings. The number of rotatable bonds is 8. The van der Waals surface area contributed by atoms with E-state index in [-0.39, 0.29) is 5.41 Å². The Morgan fingerprint density at radius 1 is 0.291 bits per heavy atom. The van der Waals surface area contributed by atoms with Crippen molar-refractivity contribution in [1.29, 1.82) is 0 Å². The molecule has 0 aliphatic heterocycles. The number of hydrogen-bond donors (Lipinski definition) is 0. The van der Waals surface area contributed by atoms with Crippen LogP contribution < -0.4 is 4.90 Å². The first kappa shape index (κ1) is 48.8. The van der Waals surface area contributed by atoms with Crippen LogP contribution in [0.1, 0.15) is 69.5 Å². The zero-order chi connectivity index (χ0) is 56.9. The minimum atomic E-state index is -0.865. The van der Waals surface area contributed by atoms with Gasteiger partial charge in [-0.1, -0.05) is 257 Å². The van der Waals surface area contributed by atoms with Crippen molar-refractivity contribution < 1.29 is 8.83 Å². The van der Waals surface area contributed by atoms with Crippen molar-refractivity contribution in [3.05, 3.63) is 353 Å². The predicted molar refractivity (Wildman–Crippen MR) is 353 cm³/mol. The maximum atomic E-state index is 7.45. The van der Waals surface area contributed by atoms with Gasteiger partial charge in [0.25, 0.3) is 0 Å². The minimum Gasteiger partial charge on any atom is -0.455 e. The molecule has 86 heavy (non-hydrogen) atoms. The van der Waals surface area contributed by atoms with Gasteiger partial charge in [0.1, 0.15) is 22.3 Å². The summed E-state index contributed by atoms with van der Waals surface area (Å²) in [7, 11) is 0. The number of anilines is 3. The first-order chi connectivity index (χ1) is 42.5. The highest BCUT2D eigenvalue weighted by Crippen LogP contribution is 2.69. The third kappa shape index (κ3) is 6.41. The number of hydrogen-bond acceptors (Lipinski definition) is 3. The van der Waals surface area contributed by atoms with Crippen LogP contribution in [0.25, 0.3) is 88.4 Å². The first-order valence-electron chi connectivity index (χ1n) is 30.0. The summed E-state index contributed by atoms with van der Waals surface area (Å²) in [4.78, 5) is 2.49. The second-order valence-corrected chi connectivity index (χ2v) is 24.1. The average molecular weight is 1100 g/mol. The molecule has 404 valence electrons. The molecule has 0 saturated heterocycles. The Bertz CT molecular complexity index is 5160. The van der Waals surface area contributed by atoms with Gasteiger partial charge < -0.3 is 13.7 Å². The van der Waals surface area contributed by atoms with Crippen LogP contribution >= 0.6 is 0 Å². The summed E-state index contributed by atoms with van der Waals surface area (Å²) in [5.41, 5.74) is 26.6. The fourth-order valence-electron chi connectivity index (χ4n) is 16.1. The summed E-state index contributed by atoms with van der Waals surface area (Å²) in [6.07, 6.45) is 0. The Morgan fingerprint density at radius 2 is 0.709 bits per heavy atom. The first-order valence-corrected chi connectivity index (χ1v) is 30.0. The molecule has 0 bridgehead atoms. The molecule has 0 spiro atoms. The highest BCUT2D eigenvalue weighted by molar-refractivity contribution is 6.22. The van der Waals surface area contributed by atoms with E-state index in [4.69, 9.17) is 8.83 Å². The molecule has 0 amide bonds. The van der Waals surface area contributed by atoms with Crippen molar-refractivity contribution in [2.75, 3.05) is 4.90 Å². The summed E-state index contributed by atoms with van der Waals surface area (Å²) >= 11 is 0.